The Morgan fingerprint density at radius 1 is 0.974 bits per heavy atom. The molecule has 0 aliphatic heterocycles. The van der Waals surface area contributed by atoms with Gasteiger partial charge in [-0.25, -0.2) is 31.7 Å². The molecule has 0 unspecified atom stereocenters. The molecule has 2 aromatic heterocycles. The molecule has 0 aliphatic carbocycles. The fourth-order valence-corrected chi connectivity index (χ4v) is 5.21. The maximum atomic E-state index is 14.1. The molecule has 2 heterocycles. The number of para-hydroxylation sites is 2. The Morgan fingerprint density at radius 2 is 1.74 bits per heavy atom. The van der Waals surface area contributed by atoms with Crippen LogP contribution in [0.2, 0.25) is 0 Å². The molecule has 0 radical (unpaired) electrons. The first-order valence-corrected chi connectivity index (χ1v) is 12.8. The molecule has 198 valence electrons. The van der Waals surface area contributed by atoms with Crippen molar-refractivity contribution in [3.05, 3.63) is 94.9 Å². The fourth-order valence-electron chi connectivity index (χ4n) is 4.03. The molecule has 13 heteroatoms. The molecule has 0 saturated carbocycles. The summed E-state index contributed by atoms with van der Waals surface area (Å²) in [5, 5.41) is 0.195. The molecule has 0 spiro atoms. The number of halogens is 2. The number of nitrogen functional groups attached to an aromatic ring is 2. The van der Waals surface area contributed by atoms with E-state index in [-0.39, 0.29) is 17.2 Å². The van der Waals surface area contributed by atoms with E-state index in [9.17, 15) is 22.0 Å². The number of rotatable bonds is 6. The van der Waals surface area contributed by atoms with Crippen molar-refractivity contribution in [3.63, 3.8) is 0 Å². The largest absolute Gasteiger partial charge is 0.495 e. The summed E-state index contributed by atoms with van der Waals surface area (Å²) in [6, 6.07) is 15.1. The van der Waals surface area contributed by atoms with Gasteiger partial charge in [-0.2, -0.15) is 0 Å². The minimum absolute atomic E-state index is 0.0496. The van der Waals surface area contributed by atoms with Crippen molar-refractivity contribution in [2.45, 2.75) is 4.90 Å². The van der Waals surface area contributed by atoms with Crippen molar-refractivity contribution in [2.75, 3.05) is 23.3 Å². The Labute approximate surface area is 220 Å². The smallest absolute Gasteiger partial charge is 0.267 e. The minimum Gasteiger partial charge on any atom is -0.495 e. The topological polar surface area (TPSA) is 155 Å². The number of nitrogens with one attached hydrogen (secondary N) is 1. The van der Waals surface area contributed by atoms with Crippen molar-refractivity contribution >= 4 is 38.4 Å². The predicted molar refractivity (Wildman–Crippen MR) is 143 cm³/mol. The first kappa shape index (κ1) is 25.6. The molecule has 0 amide bonds. The van der Waals surface area contributed by atoms with Gasteiger partial charge in [-0.1, -0.05) is 18.2 Å². The summed E-state index contributed by atoms with van der Waals surface area (Å²) in [6.07, 6.45) is 1.33. The number of sulfonamides is 1. The van der Waals surface area contributed by atoms with Gasteiger partial charge in [0, 0.05) is 17.8 Å². The molecule has 39 heavy (non-hydrogen) atoms. The highest BCUT2D eigenvalue weighted by Gasteiger charge is 2.22. The Kier molecular flexibility index (Phi) is 6.36. The summed E-state index contributed by atoms with van der Waals surface area (Å²) < 4.78 is 62.0. The summed E-state index contributed by atoms with van der Waals surface area (Å²) in [5.74, 6) is -1.95. The van der Waals surface area contributed by atoms with Crippen LogP contribution in [0.4, 0.5) is 26.2 Å². The molecular formula is C26H20F2N6O4S. The highest BCUT2D eigenvalue weighted by Crippen LogP contribution is 2.29. The van der Waals surface area contributed by atoms with Crippen LogP contribution in [0.15, 0.2) is 82.6 Å². The van der Waals surface area contributed by atoms with E-state index in [1.807, 2.05) is 0 Å². The number of anilines is 3. The molecule has 0 saturated heterocycles. The molecule has 10 nitrogen and oxygen atoms in total. The lowest BCUT2D eigenvalue weighted by Crippen LogP contribution is -2.23. The van der Waals surface area contributed by atoms with Crippen LogP contribution >= 0.6 is 0 Å². The Hall–Kier alpha value is -5.04. The average Bonchev–Trinajstić information content (AvgIpc) is 2.90. The van der Waals surface area contributed by atoms with Gasteiger partial charge < -0.3 is 16.2 Å². The van der Waals surface area contributed by atoms with E-state index in [1.165, 1.54) is 30.0 Å². The van der Waals surface area contributed by atoms with Crippen LogP contribution in [0.1, 0.15) is 0 Å². The zero-order valence-electron chi connectivity index (χ0n) is 20.2. The summed E-state index contributed by atoms with van der Waals surface area (Å²) in [4.78, 5) is 21.4. The summed E-state index contributed by atoms with van der Waals surface area (Å²) in [6.45, 7) is 0. The average molecular weight is 551 g/mol. The van der Waals surface area contributed by atoms with E-state index in [0.717, 1.165) is 12.1 Å². The van der Waals surface area contributed by atoms with E-state index in [1.54, 1.807) is 36.4 Å². The van der Waals surface area contributed by atoms with Gasteiger partial charge >= 0.3 is 0 Å². The maximum Gasteiger partial charge on any atom is 0.267 e. The van der Waals surface area contributed by atoms with E-state index >= 15 is 0 Å². The van der Waals surface area contributed by atoms with Crippen LogP contribution in [0.25, 0.3) is 27.7 Å². The van der Waals surface area contributed by atoms with Gasteiger partial charge in [0.25, 0.3) is 15.6 Å². The number of ether oxygens (including phenoxy) is 1. The lowest BCUT2D eigenvalue weighted by atomic mass is 10.1. The normalized spacial score (nSPS) is 11.5. The second-order valence-electron chi connectivity index (χ2n) is 8.35. The number of hydrogen-bond donors (Lipinski definition) is 3. The number of aromatic nitrogens is 3. The number of nitrogens with zero attached hydrogens (tertiary/aromatic N) is 3. The van der Waals surface area contributed by atoms with E-state index in [2.05, 4.69) is 14.7 Å². The van der Waals surface area contributed by atoms with Crippen molar-refractivity contribution in [1.29, 1.82) is 0 Å². The lowest BCUT2D eigenvalue weighted by molar-refractivity contribution is 0.412. The number of pyridine rings is 1. The zero-order chi connectivity index (χ0) is 27.9. The van der Waals surface area contributed by atoms with Crippen LogP contribution in [0.5, 0.6) is 5.75 Å². The van der Waals surface area contributed by atoms with Gasteiger partial charge in [-0.15, -0.1) is 0 Å². The SMILES string of the molecule is COc1ccccc1-n1c(N)nc2ccc(-c3cnc(N)c(S(=O)(=O)Nc4ccc(F)cc4F)c3)cc2c1=O. The third kappa shape index (κ3) is 4.70. The zero-order valence-corrected chi connectivity index (χ0v) is 21.0. The van der Waals surface area contributed by atoms with Crippen molar-refractivity contribution in [2.24, 2.45) is 0 Å². The Bertz CT molecular complexity index is 1930. The highest BCUT2D eigenvalue weighted by molar-refractivity contribution is 7.92. The van der Waals surface area contributed by atoms with Crippen molar-refractivity contribution in [1.82, 2.24) is 14.5 Å². The molecular weight excluding hydrogens is 530 g/mol. The third-order valence-electron chi connectivity index (χ3n) is 5.90. The molecule has 0 atom stereocenters. The van der Waals surface area contributed by atoms with Gasteiger partial charge in [0.2, 0.25) is 5.95 Å². The Morgan fingerprint density at radius 3 is 2.49 bits per heavy atom. The van der Waals surface area contributed by atoms with Crippen molar-refractivity contribution < 1.29 is 21.9 Å². The predicted octanol–water partition coefficient (Wildman–Crippen LogP) is 3.70. The standard InChI is InChI=1S/C26H20F2N6O4S/c1-38-22-5-3-2-4-21(22)34-25(35)17-10-14(6-8-19(17)32-26(34)30)15-11-23(24(29)31-13-15)39(36,37)33-20-9-7-16(27)12-18(20)28/h2-13,33H,1H3,(H2,29,31)(H2,30,32). The first-order valence-electron chi connectivity index (χ1n) is 11.3. The maximum absolute atomic E-state index is 14.1. The van der Waals surface area contributed by atoms with Gasteiger partial charge in [0.05, 0.1) is 29.4 Å². The number of fused-ring (bicyclic) bond motifs is 1. The van der Waals surface area contributed by atoms with E-state index in [4.69, 9.17) is 16.2 Å². The second kappa shape index (κ2) is 9.68. The monoisotopic (exact) mass is 550 g/mol. The molecule has 5 rings (SSSR count). The van der Waals surface area contributed by atoms with Crippen molar-refractivity contribution in [3.8, 4) is 22.6 Å². The van der Waals surface area contributed by atoms with Gasteiger partial charge in [-0.3, -0.25) is 9.52 Å². The number of benzene rings is 3. The quantitative estimate of drug-likeness (QED) is 0.289. The number of hydrogen-bond acceptors (Lipinski definition) is 8. The molecule has 0 bridgehead atoms. The molecule has 0 aliphatic rings. The minimum atomic E-state index is -4.43. The molecule has 3 aromatic carbocycles. The molecule has 5 N–H and O–H groups in total. The van der Waals surface area contributed by atoms with E-state index in [0.29, 0.717) is 34.1 Å². The van der Waals surface area contributed by atoms with Gasteiger partial charge in [0.15, 0.2) is 0 Å². The lowest BCUT2D eigenvalue weighted by Gasteiger charge is -2.14. The van der Waals surface area contributed by atoms with Crippen LogP contribution in [0, 0.1) is 11.6 Å². The summed E-state index contributed by atoms with van der Waals surface area (Å²) >= 11 is 0. The van der Waals surface area contributed by atoms with Crippen LogP contribution in [0.3, 0.4) is 0 Å². The Balaban J connectivity index is 1.61. The molecule has 0 fully saturated rings. The summed E-state index contributed by atoms with van der Waals surface area (Å²) in [5.41, 5.74) is 12.4. The molecule has 5 aromatic rings. The highest BCUT2D eigenvalue weighted by atomic mass is 32.2. The number of nitrogens with two attached hydrogens (primary N) is 2. The van der Waals surface area contributed by atoms with Gasteiger partial charge in [-0.05, 0) is 48.0 Å². The fraction of sp³-hybridized carbons (Fsp3) is 0.0385. The van der Waals surface area contributed by atoms with Crippen LogP contribution in [-0.4, -0.2) is 30.1 Å². The number of methoxy groups -OCH3 is 1. The third-order valence-corrected chi connectivity index (χ3v) is 7.29. The first-order chi connectivity index (χ1) is 18.6. The van der Waals surface area contributed by atoms with Crippen LogP contribution in [-0.2, 0) is 10.0 Å². The second-order valence-corrected chi connectivity index (χ2v) is 10.0. The van der Waals surface area contributed by atoms with Gasteiger partial charge in [0.1, 0.15) is 28.1 Å². The summed E-state index contributed by atoms with van der Waals surface area (Å²) in [7, 11) is -2.96. The van der Waals surface area contributed by atoms with E-state index < -0.39 is 37.8 Å². The van der Waals surface area contributed by atoms with Crippen LogP contribution < -0.4 is 26.5 Å².